The first-order valence-corrected chi connectivity index (χ1v) is 7.21. The average molecular weight is 252 g/mol. The van der Waals surface area contributed by atoms with Gasteiger partial charge in [0, 0.05) is 36.5 Å². The van der Waals surface area contributed by atoms with Gasteiger partial charge in [-0.3, -0.25) is 9.69 Å². The van der Waals surface area contributed by atoms with Crippen LogP contribution in [-0.4, -0.2) is 28.3 Å². The average Bonchev–Trinajstić information content (AvgIpc) is 2.84. The van der Waals surface area contributed by atoms with Crippen LogP contribution < -0.4 is 0 Å². The van der Waals surface area contributed by atoms with Crippen LogP contribution >= 0.6 is 11.3 Å². The highest BCUT2D eigenvalue weighted by atomic mass is 32.1. The van der Waals surface area contributed by atoms with Gasteiger partial charge >= 0.3 is 0 Å². The number of Topliss-reactive ketones (excluding diaryl/α,β-unsaturated/α-hetero) is 1. The lowest BCUT2D eigenvalue weighted by molar-refractivity contribution is -0.128. The lowest BCUT2D eigenvalue weighted by Gasteiger charge is -2.41. The Hall–Kier alpha value is -0.740. The second-order valence-corrected chi connectivity index (χ2v) is 5.70. The van der Waals surface area contributed by atoms with E-state index < -0.39 is 0 Å². The third-order valence-corrected chi connectivity index (χ3v) is 4.77. The number of hydrogen-bond donors (Lipinski definition) is 0. The van der Waals surface area contributed by atoms with Crippen molar-refractivity contribution in [3.05, 3.63) is 16.6 Å². The van der Waals surface area contributed by atoms with Crippen LogP contribution in [0.5, 0.6) is 0 Å². The molecule has 0 N–H and O–H groups in total. The Labute approximate surface area is 107 Å². The summed E-state index contributed by atoms with van der Waals surface area (Å²) in [7, 11) is 0. The predicted octanol–water partition coefficient (Wildman–Crippen LogP) is 2.89. The summed E-state index contributed by atoms with van der Waals surface area (Å²) in [5, 5.41) is 3.21. The van der Waals surface area contributed by atoms with Crippen molar-refractivity contribution in [2.45, 2.75) is 45.7 Å². The summed E-state index contributed by atoms with van der Waals surface area (Å²) in [4.78, 5) is 18.6. The van der Waals surface area contributed by atoms with Gasteiger partial charge in [-0.05, 0) is 13.3 Å². The minimum absolute atomic E-state index is 0.151. The van der Waals surface area contributed by atoms with E-state index in [0.29, 0.717) is 24.3 Å². The molecule has 0 aliphatic carbocycles. The summed E-state index contributed by atoms with van der Waals surface area (Å²) in [6.07, 6.45) is 3.61. The van der Waals surface area contributed by atoms with Gasteiger partial charge < -0.3 is 0 Å². The van der Waals surface area contributed by atoms with E-state index >= 15 is 0 Å². The molecule has 2 rings (SSSR count). The number of likely N-dealkylation sites (tertiary alicyclic amines) is 1. The molecular weight excluding hydrogens is 232 g/mol. The third kappa shape index (κ3) is 2.43. The minimum atomic E-state index is 0.151. The van der Waals surface area contributed by atoms with Crippen LogP contribution in [0.25, 0.3) is 0 Å². The van der Waals surface area contributed by atoms with E-state index in [1.807, 2.05) is 18.5 Å². The molecule has 1 aromatic heterocycles. The monoisotopic (exact) mass is 252 g/mol. The first kappa shape index (κ1) is 12.7. The van der Waals surface area contributed by atoms with Crippen molar-refractivity contribution in [3.63, 3.8) is 0 Å². The number of hydrogen-bond acceptors (Lipinski definition) is 4. The first-order chi connectivity index (χ1) is 8.15. The van der Waals surface area contributed by atoms with Crippen molar-refractivity contribution in [1.82, 2.24) is 9.88 Å². The van der Waals surface area contributed by atoms with Crippen molar-refractivity contribution < 1.29 is 4.79 Å². The van der Waals surface area contributed by atoms with E-state index in [0.717, 1.165) is 13.0 Å². The zero-order valence-corrected chi connectivity index (χ0v) is 11.5. The first-order valence-electron chi connectivity index (χ1n) is 6.33. The summed E-state index contributed by atoms with van der Waals surface area (Å²) < 4.78 is 0. The van der Waals surface area contributed by atoms with Gasteiger partial charge in [0.05, 0.1) is 6.04 Å². The van der Waals surface area contributed by atoms with Gasteiger partial charge in [0.1, 0.15) is 10.8 Å². The van der Waals surface area contributed by atoms with Crippen LogP contribution in [-0.2, 0) is 4.79 Å². The maximum absolute atomic E-state index is 11.7. The van der Waals surface area contributed by atoms with Gasteiger partial charge in [-0.25, -0.2) is 4.98 Å². The normalized spacial score (nSPS) is 28.3. The summed E-state index contributed by atoms with van der Waals surface area (Å²) in [5.41, 5.74) is 0. The van der Waals surface area contributed by atoms with Gasteiger partial charge in [-0.2, -0.15) is 0 Å². The second-order valence-electron chi connectivity index (χ2n) is 4.78. The number of piperidine rings is 1. The Morgan fingerprint density at radius 1 is 1.59 bits per heavy atom. The molecule has 2 heterocycles. The van der Waals surface area contributed by atoms with E-state index in [-0.39, 0.29) is 5.92 Å². The van der Waals surface area contributed by atoms with Crippen LogP contribution in [0, 0.1) is 5.92 Å². The number of thiazole rings is 1. The molecule has 0 amide bonds. The highest BCUT2D eigenvalue weighted by Crippen LogP contribution is 2.32. The predicted molar refractivity (Wildman–Crippen MR) is 70.1 cm³/mol. The topological polar surface area (TPSA) is 33.2 Å². The fraction of sp³-hybridized carbons (Fsp3) is 0.692. The van der Waals surface area contributed by atoms with Crippen molar-refractivity contribution in [2.24, 2.45) is 5.92 Å². The summed E-state index contributed by atoms with van der Waals surface area (Å²) in [6.45, 7) is 7.29. The molecule has 17 heavy (non-hydrogen) atoms. The molecule has 0 aromatic carbocycles. The molecule has 1 aliphatic heterocycles. The van der Waals surface area contributed by atoms with Gasteiger partial charge in [0.15, 0.2) is 0 Å². The minimum Gasteiger partial charge on any atom is -0.299 e. The SMILES string of the molecule is CCC(c1nccs1)N1CCC(=O)C(C)C1C. The summed E-state index contributed by atoms with van der Waals surface area (Å²) >= 11 is 1.72. The maximum Gasteiger partial charge on any atom is 0.138 e. The molecule has 3 unspecified atom stereocenters. The van der Waals surface area contributed by atoms with Crippen molar-refractivity contribution >= 4 is 17.1 Å². The number of carbonyl (C=O) groups is 1. The molecule has 3 nitrogen and oxygen atoms in total. The molecular formula is C13H20N2OS. The van der Waals surface area contributed by atoms with E-state index in [2.05, 4.69) is 23.7 Å². The van der Waals surface area contributed by atoms with Crippen LogP contribution in [0.3, 0.4) is 0 Å². The van der Waals surface area contributed by atoms with Crippen LogP contribution in [0.2, 0.25) is 0 Å². The lowest BCUT2D eigenvalue weighted by atomic mass is 9.89. The van der Waals surface area contributed by atoms with E-state index in [9.17, 15) is 4.79 Å². The smallest absolute Gasteiger partial charge is 0.138 e. The van der Waals surface area contributed by atoms with E-state index in [4.69, 9.17) is 0 Å². The van der Waals surface area contributed by atoms with Gasteiger partial charge in [-0.1, -0.05) is 13.8 Å². The molecule has 1 saturated heterocycles. The zero-order chi connectivity index (χ0) is 12.4. The Morgan fingerprint density at radius 2 is 2.35 bits per heavy atom. The number of nitrogens with zero attached hydrogens (tertiary/aromatic N) is 2. The Morgan fingerprint density at radius 3 is 2.94 bits per heavy atom. The largest absolute Gasteiger partial charge is 0.299 e. The lowest BCUT2D eigenvalue weighted by Crippen LogP contribution is -2.48. The Bertz CT molecular complexity index is 377. The van der Waals surface area contributed by atoms with E-state index in [1.165, 1.54) is 5.01 Å². The fourth-order valence-electron chi connectivity index (χ4n) is 2.62. The highest BCUT2D eigenvalue weighted by Gasteiger charge is 2.35. The standard InChI is InChI=1S/C13H20N2OS/c1-4-11(13-14-6-8-17-13)15-7-5-12(16)9(2)10(15)3/h6,8-11H,4-5,7H2,1-3H3. The van der Waals surface area contributed by atoms with Crippen molar-refractivity contribution in [2.75, 3.05) is 6.54 Å². The van der Waals surface area contributed by atoms with Crippen molar-refractivity contribution in [3.8, 4) is 0 Å². The van der Waals surface area contributed by atoms with Crippen LogP contribution in [0.4, 0.5) is 0 Å². The maximum atomic E-state index is 11.7. The second kappa shape index (κ2) is 5.27. The van der Waals surface area contributed by atoms with Gasteiger partial charge in [0.2, 0.25) is 0 Å². The molecule has 4 heteroatoms. The Kier molecular flexibility index (Phi) is 3.94. The molecule has 1 aromatic rings. The molecule has 0 saturated carbocycles. The fourth-order valence-corrected chi connectivity index (χ4v) is 3.46. The van der Waals surface area contributed by atoms with Crippen molar-refractivity contribution in [1.29, 1.82) is 0 Å². The highest BCUT2D eigenvalue weighted by molar-refractivity contribution is 7.09. The number of carbonyl (C=O) groups excluding carboxylic acids is 1. The van der Waals surface area contributed by atoms with Crippen LogP contribution in [0.1, 0.15) is 44.7 Å². The van der Waals surface area contributed by atoms with Crippen LogP contribution in [0.15, 0.2) is 11.6 Å². The quantitative estimate of drug-likeness (QED) is 0.829. The number of aromatic nitrogens is 1. The molecule has 0 bridgehead atoms. The summed E-state index contributed by atoms with van der Waals surface area (Å²) in [6, 6.07) is 0.700. The van der Waals surface area contributed by atoms with E-state index in [1.54, 1.807) is 11.3 Å². The molecule has 0 spiro atoms. The third-order valence-electron chi connectivity index (χ3n) is 3.89. The molecule has 0 radical (unpaired) electrons. The zero-order valence-electron chi connectivity index (χ0n) is 10.7. The number of rotatable bonds is 3. The van der Waals surface area contributed by atoms with Gasteiger partial charge in [0.25, 0.3) is 0 Å². The summed E-state index contributed by atoms with van der Waals surface area (Å²) in [5.74, 6) is 0.556. The molecule has 3 atom stereocenters. The van der Waals surface area contributed by atoms with Gasteiger partial charge in [-0.15, -0.1) is 11.3 Å². The number of ketones is 1. The molecule has 94 valence electrons. The molecule has 1 aliphatic rings. The Balaban J connectivity index is 2.18. The molecule has 1 fully saturated rings.